The highest BCUT2D eigenvalue weighted by Gasteiger charge is 2.37. The van der Waals surface area contributed by atoms with Gasteiger partial charge in [-0.3, -0.25) is 4.98 Å². The molecule has 0 N–H and O–H groups in total. The number of hydrogen-bond donors (Lipinski definition) is 0. The smallest absolute Gasteiger partial charge is 0.298 e. The Labute approximate surface area is 150 Å². The first-order chi connectivity index (χ1) is 12.8. The minimum Gasteiger partial charge on any atom is -0.307 e. The molecule has 1 aliphatic rings. The Kier molecular flexibility index (Phi) is 2.57. The molecule has 0 saturated carbocycles. The highest BCUT2D eigenvalue weighted by Crippen LogP contribution is 2.37. The highest BCUT2D eigenvalue weighted by atomic mass is 15.3. The summed E-state index contributed by atoms with van der Waals surface area (Å²) < 4.78 is 7.12. The van der Waals surface area contributed by atoms with Crippen LogP contribution in [0.1, 0.15) is 5.56 Å². The van der Waals surface area contributed by atoms with Gasteiger partial charge in [-0.1, -0.05) is 30.3 Å². The molecule has 0 amide bonds. The molecule has 0 unspecified atom stereocenters. The third kappa shape index (κ3) is 1.59. The lowest BCUT2D eigenvalue weighted by Gasteiger charge is -2.03. The minimum absolute atomic E-state index is 0.886. The molecule has 0 aliphatic carbocycles. The number of nitrogens with zero attached hydrogens (tertiary/aromatic N) is 4. The number of rotatable bonds is 1. The summed E-state index contributed by atoms with van der Waals surface area (Å²) in [6.07, 6.45) is 3.88. The predicted molar refractivity (Wildman–Crippen MR) is 102 cm³/mol. The van der Waals surface area contributed by atoms with Gasteiger partial charge in [0.05, 0.1) is 16.5 Å². The van der Waals surface area contributed by atoms with Gasteiger partial charge < -0.3 is 4.57 Å². The Bertz CT molecular complexity index is 1310. The third-order valence-corrected chi connectivity index (χ3v) is 5.49. The lowest BCUT2D eigenvalue weighted by Crippen LogP contribution is -2.31. The van der Waals surface area contributed by atoms with Crippen LogP contribution in [0.5, 0.6) is 0 Å². The Morgan fingerprint density at radius 3 is 2.65 bits per heavy atom. The van der Waals surface area contributed by atoms with E-state index in [2.05, 4.69) is 86.4 Å². The molecule has 26 heavy (non-hydrogen) atoms. The van der Waals surface area contributed by atoms with Crippen molar-refractivity contribution in [2.45, 2.75) is 6.54 Å². The van der Waals surface area contributed by atoms with Crippen LogP contribution >= 0.6 is 0 Å². The molecule has 4 heterocycles. The molecule has 0 fully saturated rings. The summed E-state index contributed by atoms with van der Waals surface area (Å²) in [7, 11) is 2.16. The Morgan fingerprint density at radius 1 is 0.962 bits per heavy atom. The van der Waals surface area contributed by atoms with Crippen molar-refractivity contribution in [3.63, 3.8) is 0 Å². The number of fused-ring (bicyclic) bond motifs is 7. The van der Waals surface area contributed by atoms with Crippen LogP contribution in [-0.2, 0) is 13.6 Å². The molecule has 124 valence electrons. The third-order valence-electron chi connectivity index (χ3n) is 5.49. The molecule has 5 aromatic rings. The number of aromatic nitrogens is 4. The van der Waals surface area contributed by atoms with Crippen LogP contribution in [0, 0.1) is 0 Å². The molecule has 2 aromatic carbocycles. The standard InChI is InChI=1S/C22H17N4/c1-24-19-10-6-5-9-17(19)20-22(24)26(16-7-3-2-4-8-16)21-18-13-23-12-11-15(18)14-25(20)21/h2-13H,14H2,1H3/q+1. The van der Waals surface area contributed by atoms with Crippen LogP contribution < -0.4 is 4.57 Å². The quantitative estimate of drug-likeness (QED) is 0.419. The normalized spacial score (nSPS) is 12.7. The summed E-state index contributed by atoms with van der Waals surface area (Å²) in [5, 5.41) is 1.29. The predicted octanol–water partition coefficient (Wildman–Crippen LogP) is 3.83. The van der Waals surface area contributed by atoms with Gasteiger partial charge in [-0.05, 0) is 30.3 Å². The topological polar surface area (TPSA) is 26.6 Å². The van der Waals surface area contributed by atoms with E-state index in [-0.39, 0.29) is 0 Å². The van der Waals surface area contributed by atoms with Crippen molar-refractivity contribution in [1.29, 1.82) is 0 Å². The monoisotopic (exact) mass is 337 g/mol. The van der Waals surface area contributed by atoms with E-state index in [1.807, 2.05) is 12.4 Å². The van der Waals surface area contributed by atoms with Gasteiger partial charge in [0.1, 0.15) is 12.2 Å². The van der Waals surface area contributed by atoms with Crippen molar-refractivity contribution < 1.29 is 4.57 Å². The van der Waals surface area contributed by atoms with Gasteiger partial charge in [-0.2, -0.15) is 4.57 Å². The minimum atomic E-state index is 0.886. The van der Waals surface area contributed by atoms with Crippen molar-refractivity contribution in [3.8, 4) is 17.1 Å². The van der Waals surface area contributed by atoms with Crippen LogP contribution in [0.15, 0.2) is 73.1 Å². The maximum absolute atomic E-state index is 4.40. The lowest BCUT2D eigenvalue weighted by atomic mass is 10.1. The summed E-state index contributed by atoms with van der Waals surface area (Å²) in [4.78, 5) is 4.40. The Hall–Kier alpha value is -3.40. The fourth-order valence-electron chi connectivity index (χ4n) is 4.38. The van der Waals surface area contributed by atoms with E-state index in [0.29, 0.717) is 0 Å². The van der Waals surface area contributed by atoms with Gasteiger partial charge in [0.2, 0.25) is 5.52 Å². The number of para-hydroxylation sites is 2. The van der Waals surface area contributed by atoms with Gasteiger partial charge in [0, 0.05) is 25.0 Å². The summed E-state index contributed by atoms with van der Waals surface area (Å²) in [5.74, 6) is 1.21. The van der Waals surface area contributed by atoms with E-state index in [4.69, 9.17) is 0 Å². The molecule has 6 rings (SSSR count). The number of benzene rings is 2. The van der Waals surface area contributed by atoms with E-state index in [0.717, 1.165) is 6.54 Å². The van der Waals surface area contributed by atoms with Crippen molar-refractivity contribution in [2.24, 2.45) is 7.05 Å². The summed E-state index contributed by atoms with van der Waals surface area (Å²) in [5.41, 5.74) is 7.49. The van der Waals surface area contributed by atoms with Crippen molar-refractivity contribution in [1.82, 2.24) is 14.1 Å². The van der Waals surface area contributed by atoms with E-state index >= 15 is 0 Å². The highest BCUT2D eigenvalue weighted by molar-refractivity contribution is 6.04. The van der Waals surface area contributed by atoms with Gasteiger partial charge in [-0.15, -0.1) is 0 Å². The number of pyridine rings is 1. The van der Waals surface area contributed by atoms with E-state index < -0.39 is 0 Å². The maximum Gasteiger partial charge on any atom is 0.298 e. The summed E-state index contributed by atoms with van der Waals surface area (Å²) in [6, 6.07) is 21.4. The SMILES string of the molecule is Cn1c2ccccc2c2c1n(-c1ccccc1)c1[n+]2Cc2ccncc2-1. The fourth-order valence-corrected chi connectivity index (χ4v) is 4.38. The Balaban J connectivity index is 1.87. The summed E-state index contributed by atoms with van der Waals surface area (Å²) >= 11 is 0. The fraction of sp³-hybridized carbons (Fsp3) is 0.0909. The average molecular weight is 337 g/mol. The molecule has 0 radical (unpaired) electrons. The molecule has 3 aromatic heterocycles. The molecular formula is C22H17N4+. The molecule has 4 nitrogen and oxygen atoms in total. The van der Waals surface area contributed by atoms with E-state index in [9.17, 15) is 0 Å². The zero-order chi connectivity index (χ0) is 17.3. The van der Waals surface area contributed by atoms with Gasteiger partial charge >= 0.3 is 0 Å². The zero-order valence-electron chi connectivity index (χ0n) is 14.4. The van der Waals surface area contributed by atoms with Crippen LogP contribution in [0.3, 0.4) is 0 Å². The first-order valence-corrected chi connectivity index (χ1v) is 8.85. The largest absolute Gasteiger partial charge is 0.307 e. The molecule has 4 heteroatoms. The van der Waals surface area contributed by atoms with Gasteiger partial charge in [0.25, 0.3) is 11.5 Å². The van der Waals surface area contributed by atoms with Crippen LogP contribution in [0.25, 0.3) is 39.1 Å². The molecular weight excluding hydrogens is 320 g/mol. The van der Waals surface area contributed by atoms with Crippen molar-refractivity contribution in [3.05, 3.63) is 78.6 Å². The number of hydrogen-bond acceptors (Lipinski definition) is 1. The van der Waals surface area contributed by atoms with E-state index in [1.165, 1.54) is 44.7 Å². The second-order valence-electron chi connectivity index (χ2n) is 6.86. The molecule has 0 bridgehead atoms. The van der Waals surface area contributed by atoms with Crippen LogP contribution in [0.2, 0.25) is 0 Å². The first-order valence-electron chi connectivity index (χ1n) is 8.85. The summed E-state index contributed by atoms with van der Waals surface area (Å²) in [6.45, 7) is 0.886. The van der Waals surface area contributed by atoms with Crippen LogP contribution in [0.4, 0.5) is 0 Å². The second kappa shape index (κ2) is 4.82. The maximum atomic E-state index is 4.40. The first kappa shape index (κ1) is 13.8. The van der Waals surface area contributed by atoms with Gasteiger partial charge in [0.15, 0.2) is 0 Å². The molecule has 0 atom stereocenters. The molecule has 1 aliphatic heterocycles. The zero-order valence-corrected chi connectivity index (χ0v) is 14.4. The lowest BCUT2D eigenvalue weighted by molar-refractivity contribution is -0.645. The second-order valence-corrected chi connectivity index (χ2v) is 6.86. The number of aryl methyl sites for hydroxylation is 1. The average Bonchev–Trinajstić information content (AvgIpc) is 3.31. The van der Waals surface area contributed by atoms with Crippen molar-refractivity contribution >= 4 is 22.1 Å². The Morgan fingerprint density at radius 2 is 1.77 bits per heavy atom. The number of imidazole rings is 1. The van der Waals surface area contributed by atoms with Crippen LogP contribution in [-0.4, -0.2) is 14.1 Å². The van der Waals surface area contributed by atoms with Gasteiger partial charge in [-0.25, -0.2) is 4.57 Å². The molecule has 0 saturated heterocycles. The van der Waals surface area contributed by atoms with Crippen molar-refractivity contribution in [2.75, 3.05) is 0 Å². The molecule has 0 spiro atoms. The van der Waals surface area contributed by atoms with E-state index in [1.54, 1.807) is 0 Å².